The van der Waals surface area contributed by atoms with Crippen molar-refractivity contribution in [2.75, 3.05) is 6.79 Å². The molecule has 25 heavy (non-hydrogen) atoms. The number of hydrogen-bond acceptors (Lipinski definition) is 4. The highest BCUT2D eigenvalue weighted by atomic mass is 16.7. The maximum atomic E-state index is 12.1. The van der Waals surface area contributed by atoms with Crippen LogP contribution in [0.15, 0.2) is 47.6 Å². The number of nitrogens with zero attached hydrogens (tertiary/aromatic N) is 1. The first kappa shape index (κ1) is 15.3. The van der Waals surface area contributed by atoms with Gasteiger partial charge in [-0.3, -0.25) is 4.79 Å². The van der Waals surface area contributed by atoms with Crippen LogP contribution in [0.2, 0.25) is 0 Å². The van der Waals surface area contributed by atoms with Crippen molar-refractivity contribution in [2.24, 2.45) is 5.10 Å². The van der Waals surface area contributed by atoms with Crippen LogP contribution in [0.3, 0.4) is 0 Å². The monoisotopic (exact) mass is 335 g/mol. The smallest absolute Gasteiger partial charge is 0.244 e. The van der Waals surface area contributed by atoms with Crippen LogP contribution in [0.1, 0.15) is 16.8 Å². The standard InChI is InChI=1S/C19H17N3O3/c1-12-15(14-4-2-3-5-16(14)21-12)10-20-22-19(23)9-13-6-7-17-18(8-13)25-11-24-17/h2-8,10,21H,9,11H2,1H3,(H,22,23)/b20-10-. The Morgan fingerprint density at radius 1 is 1.24 bits per heavy atom. The minimum atomic E-state index is -0.187. The molecule has 0 unspecified atom stereocenters. The van der Waals surface area contributed by atoms with Crippen molar-refractivity contribution in [1.82, 2.24) is 10.4 Å². The molecular formula is C19H17N3O3. The number of benzene rings is 2. The summed E-state index contributed by atoms with van der Waals surface area (Å²) in [6, 6.07) is 13.5. The highest BCUT2D eigenvalue weighted by molar-refractivity contribution is 6.00. The summed E-state index contributed by atoms with van der Waals surface area (Å²) in [5.74, 6) is 1.19. The molecule has 6 nitrogen and oxygen atoms in total. The second-order valence-electron chi connectivity index (χ2n) is 5.87. The lowest BCUT2D eigenvalue weighted by Crippen LogP contribution is -2.19. The van der Waals surface area contributed by atoms with Gasteiger partial charge in [0.2, 0.25) is 12.7 Å². The predicted molar refractivity (Wildman–Crippen MR) is 95.0 cm³/mol. The van der Waals surface area contributed by atoms with Crippen LogP contribution < -0.4 is 14.9 Å². The van der Waals surface area contributed by atoms with Crippen LogP contribution >= 0.6 is 0 Å². The molecule has 0 saturated heterocycles. The molecule has 4 rings (SSSR count). The molecule has 2 aromatic carbocycles. The number of para-hydroxylation sites is 1. The Kier molecular flexibility index (Phi) is 3.85. The van der Waals surface area contributed by atoms with Crippen molar-refractivity contribution < 1.29 is 14.3 Å². The van der Waals surface area contributed by atoms with Crippen LogP contribution in [0, 0.1) is 6.92 Å². The van der Waals surface area contributed by atoms with Gasteiger partial charge in [0.05, 0.1) is 12.6 Å². The number of fused-ring (bicyclic) bond motifs is 2. The van der Waals surface area contributed by atoms with E-state index in [4.69, 9.17) is 9.47 Å². The second-order valence-corrected chi connectivity index (χ2v) is 5.87. The van der Waals surface area contributed by atoms with Gasteiger partial charge in [-0.05, 0) is 30.7 Å². The molecule has 0 spiro atoms. The fourth-order valence-electron chi connectivity index (χ4n) is 2.91. The Morgan fingerprint density at radius 2 is 2.08 bits per heavy atom. The fraction of sp³-hybridized carbons (Fsp3) is 0.158. The zero-order chi connectivity index (χ0) is 17.2. The third kappa shape index (κ3) is 3.06. The average molecular weight is 335 g/mol. The van der Waals surface area contributed by atoms with Crippen LogP contribution in [-0.2, 0) is 11.2 Å². The highest BCUT2D eigenvalue weighted by Gasteiger charge is 2.14. The molecule has 2 heterocycles. The molecule has 1 aromatic heterocycles. The van der Waals surface area contributed by atoms with E-state index in [9.17, 15) is 4.79 Å². The van der Waals surface area contributed by atoms with Gasteiger partial charge in [0.15, 0.2) is 11.5 Å². The van der Waals surface area contributed by atoms with Gasteiger partial charge < -0.3 is 14.5 Å². The van der Waals surface area contributed by atoms with Gasteiger partial charge in [-0.1, -0.05) is 24.3 Å². The summed E-state index contributed by atoms with van der Waals surface area (Å²) in [7, 11) is 0. The number of aromatic amines is 1. The highest BCUT2D eigenvalue weighted by Crippen LogP contribution is 2.32. The van der Waals surface area contributed by atoms with Gasteiger partial charge in [0.25, 0.3) is 0 Å². The van der Waals surface area contributed by atoms with E-state index in [0.717, 1.165) is 27.7 Å². The Labute approximate surface area is 144 Å². The molecule has 0 atom stereocenters. The minimum absolute atomic E-state index is 0.187. The topological polar surface area (TPSA) is 75.7 Å². The van der Waals surface area contributed by atoms with Crippen molar-refractivity contribution in [2.45, 2.75) is 13.3 Å². The summed E-state index contributed by atoms with van der Waals surface area (Å²) in [5, 5.41) is 5.17. The van der Waals surface area contributed by atoms with E-state index in [0.29, 0.717) is 11.5 Å². The number of carbonyl (C=O) groups excluding carboxylic acids is 1. The lowest BCUT2D eigenvalue weighted by Gasteiger charge is -2.02. The van der Waals surface area contributed by atoms with Crippen LogP contribution in [0.5, 0.6) is 11.5 Å². The van der Waals surface area contributed by atoms with Crippen molar-refractivity contribution >= 4 is 23.0 Å². The number of ether oxygens (including phenoxy) is 2. The lowest BCUT2D eigenvalue weighted by molar-refractivity contribution is -0.120. The van der Waals surface area contributed by atoms with E-state index in [1.165, 1.54) is 0 Å². The molecule has 3 aromatic rings. The summed E-state index contributed by atoms with van der Waals surface area (Å²) in [5.41, 5.74) is 6.45. The van der Waals surface area contributed by atoms with E-state index in [2.05, 4.69) is 15.5 Å². The maximum Gasteiger partial charge on any atom is 0.244 e. The van der Waals surface area contributed by atoms with Crippen molar-refractivity contribution in [1.29, 1.82) is 0 Å². The van der Waals surface area contributed by atoms with Gasteiger partial charge in [-0.2, -0.15) is 5.10 Å². The van der Waals surface area contributed by atoms with Gasteiger partial charge in [-0.25, -0.2) is 5.43 Å². The third-order valence-electron chi connectivity index (χ3n) is 4.13. The van der Waals surface area contributed by atoms with E-state index >= 15 is 0 Å². The quantitative estimate of drug-likeness (QED) is 0.568. The Morgan fingerprint density at radius 3 is 3.00 bits per heavy atom. The number of H-pyrrole nitrogens is 1. The number of rotatable bonds is 4. The molecule has 2 N–H and O–H groups in total. The molecule has 126 valence electrons. The molecule has 0 radical (unpaired) electrons. The summed E-state index contributed by atoms with van der Waals surface area (Å²) >= 11 is 0. The molecular weight excluding hydrogens is 318 g/mol. The Hall–Kier alpha value is -3.28. The molecule has 1 aliphatic rings. The molecule has 1 aliphatic heterocycles. The fourth-order valence-corrected chi connectivity index (χ4v) is 2.91. The lowest BCUT2D eigenvalue weighted by atomic mass is 10.1. The number of nitrogens with one attached hydrogen (secondary N) is 2. The molecule has 0 bridgehead atoms. The largest absolute Gasteiger partial charge is 0.454 e. The summed E-state index contributed by atoms with van der Waals surface area (Å²) < 4.78 is 10.6. The number of hydrazone groups is 1. The predicted octanol–water partition coefficient (Wildman–Crippen LogP) is 2.90. The SMILES string of the molecule is Cc1[nH]c2ccccc2c1/C=N\NC(=O)Cc1ccc2c(c1)OCO2. The van der Waals surface area contributed by atoms with E-state index in [-0.39, 0.29) is 19.1 Å². The van der Waals surface area contributed by atoms with Crippen LogP contribution in [0.4, 0.5) is 0 Å². The maximum absolute atomic E-state index is 12.1. The minimum Gasteiger partial charge on any atom is -0.454 e. The molecule has 6 heteroatoms. The number of hydrogen-bond donors (Lipinski definition) is 2. The Bertz CT molecular complexity index is 975. The first-order valence-corrected chi connectivity index (χ1v) is 7.98. The number of amides is 1. The van der Waals surface area contributed by atoms with Crippen LogP contribution in [0.25, 0.3) is 10.9 Å². The van der Waals surface area contributed by atoms with Crippen molar-refractivity contribution in [3.63, 3.8) is 0 Å². The number of aryl methyl sites for hydroxylation is 1. The summed E-state index contributed by atoms with van der Waals surface area (Å²) in [6.07, 6.45) is 1.90. The first-order valence-electron chi connectivity index (χ1n) is 7.98. The molecule has 1 amide bonds. The number of aromatic nitrogens is 1. The van der Waals surface area contributed by atoms with E-state index < -0.39 is 0 Å². The molecule has 0 fully saturated rings. The zero-order valence-corrected chi connectivity index (χ0v) is 13.7. The van der Waals surface area contributed by atoms with Gasteiger partial charge >= 0.3 is 0 Å². The first-order chi connectivity index (χ1) is 12.2. The van der Waals surface area contributed by atoms with Crippen molar-refractivity contribution in [3.05, 3.63) is 59.3 Å². The number of carbonyl (C=O) groups is 1. The van der Waals surface area contributed by atoms with E-state index in [1.54, 1.807) is 6.21 Å². The van der Waals surface area contributed by atoms with E-state index in [1.807, 2.05) is 49.4 Å². The normalized spacial score (nSPS) is 12.8. The van der Waals surface area contributed by atoms with Crippen molar-refractivity contribution in [3.8, 4) is 11.5 Å². The zero-order valence-electron chi connectivity index (χ0n) is 13.7. The second kappa shape index (κ2) is 6.32. The summed E-state index contributed by atoms with van der Waals surface area (Å²) in [6.45, 7) is 2.20. The average Bonchev–Trinajstić information content (AvgIpc) is 3.19. The molecule has 0 saturated carbocycles. The summed E-state index contributed by atoms with van der Waals surface area (Å²) in [4.78, 5) is 15.4. The van der Waals surface area contributed by atoms with Gasteiger partial charge in [0, 0.05) is 22.2 Å². The van der Waals surface area contributed by atoms with Crippen LogP contribution in [-0.4, -0.2) is 23.9 Å². The van der Waals surface area contributed by atoms with Gasteiger partial charge in [-0.15, -0.1) is 0 Å². The third-order valence-corrected chi connectivity index (χ3v) is 4.13. The Balaban J connectivity index is 1.43. The molecule has 0 aliphatic carbocycles. The van der Waals surface area contributed by atoms with Gasteiger partial charge in [0.1, 0.15) is 0 Å².